The van der Waals surface area contributed by atoms with Crippen LogP contribution in [0.5, 0.6) is 0 Å². The van der Waals surface area contributed by atoms with E-state index in [0.29, 0.717) is 19.5 Å². The first-order chi connectivity index (χ1) is 10.2. The summed E-state index contributed by atoms with van der Waals surface area (Å²) in [5.41, 5.74) is 6.68. The van der Waals surface area contributed by atoms with E-state index in [1.54, 1.807) is 0 Å². The number of nitrogens with zero attached hydrogens (tertiary/aromatic N) is 1. The van der Waals surface area contributed by atoms with Crippen molar-refractivity contribution in [2.45, 2.75) is 26.2 Å². The molecule has 0 aromatic heterocycles. The van der Waals surface area contributed by atoms with Crippen LogP contribution in [0.15, 0.2) is 42.5 Å². The first kappa shape index (κ1) is 15.5. The van der Waals surface area contributed by atoms with Crippen LogP contribution in [0, 0.1) is 0 Å². The molecule has 2 aromatic carbocycles. The summed E-state index contributed by atoms with van der Waals surface area (Å²) in [5, 5.41) is 2.39. The van der Waals surface area contributed by atoms with E-state index < -0.39 is 0 Å². The standard InChI is InChI=1S/C18H24N2O/c1-2-3-11-20(12-10-19)18(21)14-15-8-9-16-6-4-5-7-17(16)13-15/h4-9,13H,2-3,10-12,14,19H2,1H3. The molecular weight excluding hydrogens is 260 g/mol. The van der Waals surface area contributed by atoms with Crippen LogP contribution >= 0.6 is 0 Å². The van der Waals surface area contributed by atoms with Crippen LogP contribution in [0.1, 0.15) is 25.3 Å². The number of amides is 1. The molecule has 0 saturated heterocycles. The zero-order chi connectivity index (χ0) is 15.1. The number of hydrogen-bond donors (Lipinski definition) is 1. The summed E-state index contributed by atoms with van der Waals surface area (Å²) in [6.45, 7) is 4.11. The number of nitrogens with two attached hydrogens (primary N) is 1. The Labute approximate surface area is 126 Å². The SMILES string of the molecule is CCCCN(CCN)C(=O)Cc1ccc2ccccc2c1. The Morgan fingerprint density at radius 2 is 1.86 bits per heavy atom. The maximum absolute atomic E-state index is 12.4. The minimum Gasteiger partial charge on any atom is -0.341 e. The summed E-state index contributed by atoms with van der Waals surface area (Å²) >= 11 is 0. The highest BCUT2D eigenvalue weighted by molar-refractivity contribution is 5.85. The van der Waals surface area contributed by atoms with Gasteiger partial charge in [0.25, 0.3) is 0 Å². The van der Waals surface area contributed by atoms with Gasteiger partial charge in [-0.3, -0.25) is 4.79 Å². The van der Waals surface area contributed by atoms with Gasteiger partial charge in [0.1, 0.15) is 0 Å². The third-order valence-corrected chi connectivity index (χ3v) is 3.70. The zero-order valence-electron chi connectivity index (χ0n) is 12.7. The van der Waals surface area contributed by atoms with Crippen molar-refractivity contribution in [1.29, 1.82) is 0 Å². The van der Waals surface area contributed by atoms with Gasteiger partial charge in [-0.2, -0.15) is 0 Å². The van der Waals surface area contributed by atoms with Gasteiger partial charge in [-0.25, -0.2) is 0 Å². The lowest BCUT2D eigenvalue weighted by Crippen LogP contribution is -2.37. The topological polar surface area (TPSA) is 46.3 Å². The maximum Gasteiger partial charge on any atom is 0.227 e. The molecule has 0 spiro atoms. The minimum atomic E-state index is 0.171. The molecule has 0 saturated carbocycles. The molecule has 21 heavy (non-hydrogen) atoms. The zero-order valence-corrected chi connectivity index (χ0v) is 12.7. The molecule has 3 nitrogen and oxygen atoms in total. The van der Waals surface area contributed by atoms with Crippen molar-refractivity contribution in [3.05, 3.63) is 48.0 Å². The summed E-state index contributed by atoms with van der Waals surface area (Å²) in [5.74, 6) is 0.171. The molecule has 0 atom stereocenters. The van der Waals surface area contributed by atoms with Crippen LogP contribution in [-0.4, -0.2) is 30.4 Å². The lowest BCUT2D eigenvalue weighted by atomic mass is 10.0. The second kappa shape index (κ2) is 7.79. The Bertz CT molecular complexity index is 595. The van der Waals surface area contributed by atoms with E-state index in [0.717, 1.165) is 24.9 Å². The monoisotopic (exact) mass is 284 g/mol. The number of benzene rings is 2. The quantitative estimate of drug-likeness (QED) is 0.849. The Hall–Kier alpha value is -1.87. The average Bonchev–Trinajstić information content (AvgIpc) is 2.51. The largest absolute Gasteiger partial charge is 0.341 e. The molecule has 0 aliphatic carbocycles. The lowest BCUT2D eigenvalue weighted by molar-refractivity contribution is -0.130. The van der Waals surface area contributed by atoms with Crippen LogP contribution < -0.4 is 5.73 Å². The molecule has 1 amide bonds. The van der Waals surface area contributed by atoms with E-state index in [1.807, 2.05) is 23.1 Å². The molecule has 0 heterocycles. The summed E-state index contributed by atoms with van der Waals surface area (Å²) in [4.78, 5) is 14.3. The van der Waals surface area contributed by atoms with Crippen LogP contribution in [-0.2, 0) is 11.2 Å². The molecule has 3 heteroatoms. The predicted molar refractivity (Wildman–Crippen MR) is 88.2 cm³/mol. The van der Waals surface area contributed by atoms with Crippen LogP contribution in [0.25, 0.3) is 10.8 Å². The van der Waals surface area contributed by atoms with Crippen molar-refractivity contribution in [1.82, 2.24) is 4.90 Å². The Balaban J connectivity index is 2.08. The van der Waals surface area contributed by atoms with Gasteiger partial charge >= 0.3 is 0 Å². The first-order valence-corrected chi connectivity index (χ1v) is 7.70. The number of rotatable bonds is 7. The smallest absolute Gasteiger partial charge is 0.227 e. The van der Waals surface area contributed by atoms with Gasteiger partial charge in [0.05, 0.1) is 6.42 Å². The molecular formula is C18H24N2O. The fraction of sp³-hybridized carbons (Fsp3) is 0.389. The number of hydrogen-bond acceptors (Lipinski definition) is 2. The van der Waals surface area contributed by atoms with Gasteiger partial charge in [0.2, 0.25) is 5.91 Å². The van der Waals surface area contributed by atoms with E-state index in [9.17, 15) is 4.79 Å². The van der Waals surface area contributed by atoms with Crippen LogP contribution in [0.4, 0.5) is 0 Å². The first-order valence-electron chi connectivity index (χ1n) is 7.70. The van der Waals surface area contributed by atoms with Crippen molar-refractivity contribution >= 4 is 16.7 Å². The summed E-state index contributed by atoms with van der Waals surface area (Å²) < 4.78 is 0. The highest BCUT2D eigenvalue weighted by Gasteiger charge is 2.12. The second-order valence-corrected chi connectivity index (χ2v) is 5.38. The minimum absolute atomic E-state index is 0.171. The van der Waals surface area contributed by atoms with E-state index >= 15 is 0 Å². The Morgan fingerprint density at radius 1 is 1.10 bits per heavy atom. The molecule has 2 N–H and O–H groups in total. The molecule has 2 aromatic rings. The normalized spacial score (nSPS) is 10.8. The third kappa shape index (κ3) is 4.30. The predicted octanol–water partition coefficient (Wildman–Crippen LogP) is 2.97. The van der Waals surface area contributed by atoms with E-state index in [-0.39, 0.29) is 5.91 Å². The van der Waals surface area contributed by atoms with Crippen molar-refractivity contribution in [2.24, 2.45) is 5.73 Å². The van der Waals surface area contributed by atoms with Crippen LogP contribution in [0.3, 0.4) is 0 Å². The van der Waals surface area contributed by atoms with E-state index in [1.165, 1.54) is 10.8 Å². The molecule has 0 unspecified atom stereocenters. The fourth-order valence-corrected chi connectivity index (χ4v) is 2.50. The number of carbonyl (C=O) groups is 1. The summed E-state index contributed by atoms with van der Waals surface area (Å²) in [6.07, 6.45) is 2.57. The van der Waals surface area contributed by atoms with Gasteiger partial charge in [-0.05, 0) is 22.8 Å². The van der Waals surface area contributed by atoms with Gasteiger partial charge in [-0.1, -0.05) is 55.8 Å². The van der Waals surface area contributed by atoms with Gasteiger partial charge < -0.3 is 10.6 Å². The van der Waals surface area contributed by atoms with Crippen molar-refractivity contribution < 1.29 is 4.79 Å². The molecule has 2 rings (SSSR count). The summed E-state index contributed by atoms with van der Waals surface area (Å²) in [7, 11) is 0. The number of unbranched alkanes of at least 4 members (excludes halogenated alkanes) is 1. The van der Waals surface area contributed by atoms with Gasteiger partial charge in [0.15, 0.2) is 0 Å². The Kier molecular flexibility index (Phi) is 5.76. The average molecular weight is 284 g/mol. The molecule has 112 valence electrons. The second-order valence-electron chi connectivity index (χ2n) is 5.38. The van der Waals surface area contributed by atoms with Crippen molar-refractivity contribution in [3.63, 3.8) is 0 Å². The van der Waals surface area contributed by atoms with Crippen molar-refractivity contribution in [3.8, 4) is 0 Å². The number of carbonyl (C=O) groups excluding carboxylic acids is 1. The number of fused-ring (bicyclic) bond motifs is 1. The molecule has 0 radical (unpaired) electrons. The summed E-state index contributed by atoms with van der Waals surface area (Å²) in [6, 6.07) is 14.4. The molecule has 0 aliphatic rings. The highest BCUT2D eigenvalue weighted by Crippen LogP contribution is 2.16. The van der Waals surface area contributed by atoms with Crippen LogP contribution in [0.2, 0.25) is 0 Å². The molecule has 0 aliphatic heterocycles. The van der Waals surface area contributed by atoms with Gasteiger partial charge in [0, 0.05) is 19.6 Å². The lowest BCUT2D eigenvalue weighted by Gasteiger charge is -2.22. The highest BCUT2D eigenvalue weighted by atomic mass is 16.2. The Morgan fingerprint density at radius 3 is 2.57 bits per heavy atom. The fourth-order valence-electron chi connectivity index (χ4n) is 2.50. The van der Waals surface area contributed by atoms with E-state index in [2.05, 4.69) is 31.2 Å². The van der Waals surface area contributed by atoms with Gasteiger partial charge in [-0.15, -0.1) is 0 Å². The maximum atomic E-state index is 12.4. The molecule has 0 fully saturated rings. The molecule has 0 bridgehead atoms. The third-order valence-electron chi connectivity index (χ3n) is 3.70. The van der Waals surface area contributed by atoms with E-state index in [4.69, 9.17) is 5.73 Å². The van der Waals surface area contributed by atoms with Crippen molar-refractivity contribution in [2.75, 3.05) is 19.6 Å².